The highest BCUT2D eigenvalue weighted by Crippen LogP contribution is 2.56. The lowest BCUT2D eigenvalue weighted by Gasteiger charge is -2.45. The van der Waals surface area contributed by atoms with Gasteiger partial charge in [-0.1, -0.05) is 48.5 Å². The van der Waals surface area contributed by atoms with Crippen LogP contribution in [0.5, 0.6) is 0 Å². The molecule has 178 valence electrons. The Labute approximate surface area is 194 Å². The lowest BCUT2D eigenvalue weighted by Crippen LogP contribution is -2.61. The van der Waals surface area contributed by atoms with Crippen LogP contribution in [0.1, 0.15) is 24.0 Å². The van der Waals surface area contributed by atoms with Crippen molar-refractivity contribution in [3.63, 3.8) is 0 Å². The topological polar surface area (TPSA) is 95.9 Å². The van der Waals surface area contributed by atoms with Crippen molar-refractivity contribution < 1.29 is 33.0 Å². The zero-order valence-electron chi connectivity index (χ0n) is 18.5. The number of aliphatic carboxylic acids is 1. The number of rotatable bonds is 6. The summed E-state index contributed by atoms with van der Waals surface area (Å²) in [5, 5.41) is 11.5. The Balaban J connectivity index is 1.15. The quantitative estimate of drug-likeness (QED) is 0.675. The van der Waals surface area contributed by atoms with Gasteiger partial charge in [-0.3, -0.25) is 9.59 Å². The molecular weight excluding hydrogens is 446 g/mol. The van der Waals surface area contributed by atoms with Crippen molar-refractivity contribution in [1.29, 1.82) is 0 Å². The highest BCUT2D eigenvalue weighted by Gasteiger charge is 2.73. The Morgan fingerprint density at radius 3 is 2.18 bits per heavy atom. The standard InChI is InChI=1S/C25H24F2N2O5/c1-24(22(31)32)12-29(13-24)21(30)20-19(25(20,26)27)10-28-23(33)34-11-18-16-8-4-2-6-14(16)15-7-3-5-9-17(15)18/h2-9,18-20H,10-13H2,1H3,(H,28,33)(H,31,32)/t19-,20-/m0/s1. The number of nitrogens with one attached hydrogen (secondary N) is 1. The van der Waals surface area contributed by atoms with Gasteiger partial charge in [0, 0.05) is 25.6 Å². The second kappa shape index (κ2) is 7.78. The summed E-state index contributed by atoms with van der Waals surface area (Å²) in [6, 6.07) is 15.7. The van der Waals surface area contributed by atoms with Crippen molar-refractivity contribution in [2.24, 2.45) is 17.3 Å². The third kappa shape index (κ3) is 3.50. The van der Waals surface area contributed by atoms with Gasteiger partial charge in [0.25, 0.3) is 5.92 Å². The maximum Gasteiger partial charge on any atom is 0.407 e. The number of nitrogens with zero attached hydrogens (tertiary/aromatic N) is 1. The number of carbonyl (C=O) groups excluding carboxylic acids is 2. The molecule has 2 fully saturated rings. The number of ether oxygens (including phenoxy) is 1. The molecule has 0 aromatic heterocycles. The molecule has 34 heavy (non-hydrogen) atoms. The number of carbonyl (C=O) groups is 3. The van der Waals surface area contributed by atoms with E-state index in [0.717, 1.165) is 27.2 Å². The fourth-order valence-electron chi connectivity index (χ4n) is 5.11. The summed E-state index contributed by atoms with van der Waals surface area (Å²) < 4.78 is 33.8. The molecule has 2 aromatic rings. The van der Waals surface area contributed by atoms with Gasteiger partial charge in [0.2, 0.25) is 5.91 Å². The van der Waals surface area contributed by atoms with E-state index < -0.39 is 47.7 Å². The van der Waals surface area contributed by atoms with Crippen LogP contribution >= 0.6 is 0 Å². The van der Waals surface area contributed by atoms with Gasteiger partial charge in [-0.15, -0.1) is 0 Å². The number of halogens is 2. The number of likely N-dealkylation sites (tertiary alicyclic amines) is 1. The molecule has 0 spiro atoms. The van der Waals surface area contributed by atoms with Gasteiger partial charge < -0.3 is 20.1 Å². The Morgan fingerprint density at radius 1 is 1.06 bits per heavy atom. The van der Waals surface area contributed by atoms with Crippen LogP contribution in [-0.4, -0.2) is 60.1 Å². The molecule has 2 amide bonds. The van der Waals surface area contributed by atoms with E-state index in [2.05, 4.69) is 5.32 Å². The van der Waals surface area contributed by atoms with Crippen LogP contribution < -0.4 is 5.32 Å². The molecule has 2 atom stereocenters. The summed E-state index contributed by atoms with van der Waals surface area (Å²) >= 11 is 0. The number of carboxylic acids is 1. The monoisotopic (exact) mass is 470 g/mol. The molecule has 1 saturated heterocycles. The number of alkyl carbamates (subject to hydrolysis) is 1. The van der Waals surface area contributed by atoms with Crippen LogP contribution in [0.25, 0.3) is 11.1 Å². The predicted molar refractivity (Wildman–Crippen MR) is 117 cm³/mol. The van der Waals surface area contributed by atoms with Gasteiger partial charge in [0.05, 0.1) is 11.3 Å². The molecule has 5 rings (SSSR count). The molecule has 7 nitrogen and oxygen atoms in total. The van der Waals surface area contributed by atoms with E-state index in [9.17, 15) is 23.2 Å². The predicted octanol–water partition coefficient (Wildman–Crippen LogP) is 3.34. The first-order valence-electron chi connectivity index (χ1n) is 11.1. The number of carboxylic acid groups (broad SMARTS) is 1. The molecule has 1 aliphatic heterocycles. The first-order chi connectivity index (χ1) is 16.1. The van der Waals surface area contributed by atoms with Gasteiger partial charge in [-0.05, 0) is 29.2 Å². The van der Waals surface area contributed by atoms with E-state index >= 15 is 0 Å². The van der Waals surface area contributed by atoms with E-state index in [-0.39, 0.29) is 25.6 Å². The lowest BCUT2D eigenvalue weighted by atomic mass is 9.82. The minimum atomic E-state index is -3.25. The Morgan fingerprint density at radius 2 is 1.62 bits per heavy atom. The van der Waals surface area contributed by atoms with Crippen molar-refractivity contribution in [2.45, 2.75) is 18.8 Å². The molecular formula is C25H24F2N2O5. The number of hydrogen-bond acceptors (Lipinski definition) is 4. The number of amides is 2. The van der Waals surface area contributed by atoms with Gasteiger partial charge in [-0.25, -0.2) is 13.6 Å². The number of alkyl halides is 2. The van der Waals surface area contributed by atoms with Gasteiger partial charge >= 0.3 is 12.1 Å². The third-order valence-corrected chi connectivity index (χ3v) is 7.19. The summed E-state index contributed by atoms with van der Waals surface area (Å²) in [5.41, 5.74) is 3.14. The average Bonchev–Trinajstić information content (AvgIpc) is 3.19. The van der Waals surface area contributed by atoms with Gasteiger partial charge in [-0.2, -0.15) is 0 Å². The van der Waals surface area contributed by atoms with Crippen LogP contribution in [0.2, 0.25) is 0 Å². The second-order valence-corrected chi connectivity index (χ2v) is 9.53. The van der Waals surface area contributed by atoms with E-state index in [0.29, 0.717) is 0 Å². The van der Waals surface area contributed by atoms with Crippen LogP contribution in [0.3, 0.4) is 0 Å². The molecule has 9 heteroatoms. The summed E-state index contributed by atoms with van der Waals surface area (Å²) in [6.07, 6.45) is -0.821. The minimum absolute atomic E-state index is 0.0603. The third-order valence-electron chi connectivity index (χ3n) is 7.19. The second-order valence-electron chi connectivity index (χ2n) is 9.53. The van der Waals surface area contributed by atoms with Crippen LogP contribution in [0.15, 0.2) is 48.5 Å². The van der Waals surface area contributed by atoms with Gasteiger partial charge in [0.1, 0.15) is 12.5 Å². The number of fused-ring (bicyclic) bond motifs is 3. The molecule has 2 aliphatic carbocycles. The molecule has 1 heterocycles. The summed E-state index contributed by atoms with van der Waals surface area (Å²) in [5.74, 6) is -8.12. The molecule has 1 saturated carbocycles. The number of hydrogen-bond donors (Lipinski definition) is 2. The van der Waals surface area contributed by atoms with E-state index in [4.69, 9.17) is 9.84 Å². The fraction of sp³-hybridized carbons (Fsp3) is 0.400. The maximum atomic E-state index is 14.2. The summed E-state index contributed by atoms with van der Waals surface area (Å²) in [6.45, 7) is 0.940. The van der Waals surface area contributed by atoms with E-state index in [1.807, 2.05) is 48.5 Å². The minimum Gasteiger partial charge on any atom is -0.481 e. The van der Waals surface area contributed by atoms with Gasteiger partial charge in [0.15, 0.2) is 0 Å². The number of benzene rings is 2. The lowest BCUT2D eigenvalue weighted by molar-refractivity contribution is -0.165. The molecule has 3 aliphatic rings. The Bertz CT molecular complexity index is 1130. The highest BCUT2D eigenvalue weighted by atomic mass is 19.3. The maximum absolute atomic E-state index is 14.2. The van der Waals surface area contributed by atoms with E-state index in [1.54, 1.807) is 0 Å². The van der Waals surface area contributed by atoms with Crippen molar-refractivity contribution in [3.05, 3.63) is 59.7 Å². The molecule has 0 radical (unpaired) electrons. The van der Waals surface area contributed by atoms with Crippen molar-refractivity contribution in [1.82, 2.24) is 10.2 Å². The normalized spacial score (nSPS) is 23.3. The van der Waals surface area contributed by atoms with E-state index in [1.165, 1.54) is 6.92 Å². The smallest absolute Gasteiger partial charge is 0.407 e. The first kappa shape index (κ1) is 22.3. The zero-order valence-corrected chi connectivity index (χ0v) is 18.5. The molecule has 0 bridgehead atoms. The summed E-state index contributed by atoms with van der Waals surface area (Å²) in [7, 11) is 0. The van der Waals surface area contributed by atoms with Crippen LogP contribution in [0, 0.1) is 17.3 Å². The van der Waals surface area contributed by atoms with Crippen molar-refractivity contribution in [2.75, 3.05) is 26.2 Å². The first-order valence-corrected chi connectivity index (χ1v) is 11.1. The van der Waals surface area contributed by atoms with Crippen molar-refractivity contribution >= 4 is 18.0 Å². The Hall–Kier alpha value is -3.49. The highest BCUT2D eigenvalue weighted by molar-refractivity contribution is 5.87. The molecule has 2 N–H and O–H groups in total. The van der Waals surface area contributed by atoms with Crippen molar-refractivity contribution in [3.8, 4) is 11.1 Å². The SMILES string of the molecule is CC1(C(=O)O)CN(C(=O)[C@@H]2[C@H](CNC(=O)OCC3c4ccccc4-c4ccccc43)C2(F)F)C1. The zero-order chi connectivity index (χ0) is 24.3. The fourth-order valence-corrected chi connectivity index (χ4v) is 5.11. The summed E-state index contributed by atoms with van der Waals surface area (Å²) in [4.78, 5) is 37.0. The van der Waals surface area contributed by atoms with Crippen LogP contribution in [-0.2, 0) is 14.3 Å². The average molecular weight is 470 g/mol. The molecule has 0 unspecified atom stereocenters. The largest absolute Gasteiger partial charge is 0.481 e. The van der Waals surface area contributed by atoms with Crippen LogP contribution in [0.4, 0.5) is 13.6 Å². The molecule has 2 aromatic carbocycles. The Kier molecular flexibility index (Phi) is 5.11.